The Labute approximate surface area is 172 Å². The molecule has 0 aliphatic carbocycles. The highest BCUT2D eigenvalue weighted by Crippen LogP contribution is 2.21. The maximum absolute atomic E-state index is 13.0. The zero-order valence-electron chi connectivity index (χ0n) is 16.6. The van der Waals surface area contributed by atoms with E-state index in [0.29, 0.717) is 25.5 Å². The first-order valence-corrected chi connectivity index (χ1v) is 9.40. The summed E-state index contributed by atoms with van der Waals surface area (Å²) in [7, 11) is 3.19. The molecule has 0 unspecified atom stereocenters. The largest absolute Gasteiger partial charge is 0.870 e. The van der Waals surface area contributed by atoms with E-state index in [-0.39, 0.29) is 23.6 Å². The Morgan fingerprint density at radius 2 is 2.07 bits per heavy atom. The van der Waals surface area contributed by atoms with Crippen LogP contribution in [-0.4, -0.2) is 55.9 Å². The first-order chi connectivity index (χ1) is 14.4. The second kappa shape index (κ2) is 8.07. The summed E-state index contributed by atoms with van der Waals surface area (Å²) in [6.45, 7) is 1.21. The minimum Gasteiger partial charge on any atom is -0.870 e. The third-order valence-electron chi connectivity index (χ3n) is 4.74. The number of ether oxygens (including phenoxy) is 3. The van der Waals surface area contributed by atoms with Gasteiger partial charge in [-0.1, -0.05) is 22.2 Å². The van der Waals surface area contributed by atoms with Crippen LogP contribution in [0.4, 0.5) is 4.79 Å². The molecule has 1 aromatic heterocycles. The maximum atomic E-state index is 13.0. The lowest BCUT2D eigenvalue weighted by Crippen LogP contribution is -2.58. The van der Waals surface area contributed by atoms with Crippen LogP contribution in [0.2, 0.25) is 0 Å². The highest BCUT2D eigenvalue weighted by molar-refractivity contribution is 5.69. The van der Waals surface area contributed by atoms with Crippen LogP contribution in [0.15, 0.2) is 41.6 Å². The number of morpholine rings is 1. The molecular formula is C20H21N4O6-. The quantitative estimate of drug-likeness (QED) is 0.579. The highest BCUT2D eigenvalue weighted by Gasteiger charge is 2.30. The van der Waals surface area contributed by atoms with Gasteiger partial charge in [0, 0.05) is 32.6 Å². The third-order valence-corrected chi connectivity index (χ3v) is 4.74. The molecular weight excluding hydrogens is 392 g/mol. The number of fused-ring (bicyclic) bond motifs is 2. The molecule has 1 aromatic carbocycles. The molecule has 1 saturated heterocycles. The van der Waals surface area contributed by atoms with E-state index < -0.39 is 18.0 Å². The molecule has 3 heterocycles. The molecule has 1 fully saturated rings. The molecule has 2 aliphatic rings. The summed E-state index contributed by atoms with van der Waals surface area (Å²) in [6, 6.07) is 8.02. The van der Waals surface area contributed by atoms with Crippen molar-refractivity contribution >= 4 is 12.0 Å². The van der Waals surface area contributed by atoms with E-state index in [9.17, 15) is 15.0 Å². The van der Waals surface area contributed by atoms with E-state index >= 15 is 0 Å². The first-order valence-electron chi connectivity index (χ1n) is 9.40. The number of hydrogen-bond donors (Lipinski definition) is 0. The van der Waals surface area contributed by atoms with Gasteiger partial charge in [-0.25, -0.2) is 4.79 Å². The SMILES string of the molecule is CN(C)C(=O)Oc1ccc(COc2c([O-])cc[n+]3c2=C([O-])N2CCOC[C@H]2N=3)cc1. The van der Waals surface area contributed by atoms with E-state index in [1.54, 1.807) is 43.3 Å². The zero-order chi connectivity index (χ0) is 21.3. The number of carbonyl (C=O) groups is 1. The van der Waals surface area contributed by atoms with Crippen LogP contribution in [0, 0.1) is 0 Å². The normalized spacial score (nSPS) is 17.5. The molecule has 0 spiro atoms. The lowest BCUT2D eigenvalue weighted by molar-refractivity contribution is -0.580. The van der Waals surface area contributed by atoms with Crippen molar-refractivity contribution < 1.29 is 33.6 Å². The molecule has 158 valence electrons. The van der Waals surface area contributed by atoms with Crippen molar-refractivity contribution in [3.05, 3.63) is 47.4 Å². The Bertz CT molecular complexity index is 1070. The van der Waals surface area contributed by atoms with E-state index in [1.165, 1.54) is 21.5 Å². The van der Waals surface area contributed by atoms with Gasteiger partial charge in [0.1, 0.15) is 12.4 Å². The summed E-state index contributed by atoms with van der Waals surface area (Å²) in [5.41, 5.74) is 0.742. The topological polar surface area (TPSA) is 116 Å². The monoisotopic (exact) mass is 413 g/mol. The second-order valence-corrected chi connectivity index (χ2v) is 7.07. The smallest absolute Gasteiger partial charge is 0.414 e. The minimum atomic E-state index is -0.480. The number of benzene rings is 1. The van der Waals surface area contributed by atoms with Crippen molar-refractivity contribution in [1.29, 1.82) is 0 Å². The molecule has 0 bridgehead atoms. The molecule has 10 nitrogen and oxygen atoms in total. The third kappa shape index (κ3) is 3.81. The highest BCUT2D eigenvalue weighted by atomic mass is 16.6. The molecule has 30 heavy (non-hydrogen) atoms. The Hall–Kier alpha value is -3.53. The van der Waals surface area contributed by atoms with Crippen LogP contribution in [-0.2, 0) is 11.3 Å². The second-order valence-electron chi connectivity index (χ2n) is 7.07. The number of rotatable bonds is 4. The molecule has 10 heteroatoms. The standard InChI is InChI=1S/C20H21N4O6/c1-22(2)20(27)30-14-5-3-13(4-6-14)11-29-18-15(25)7-8-24-17(18)19(26)23-9-10-28-12-16(23)21-24/h3-8,16H,9-12H2,1-2H3/q-1/t16-/m0/s1. The van der Waals surface area contributed by atoms with Crippen LogP contribution in [0.1, 0.15) is 5.56 Å². The molecule has 4 rings (SSSR count). The van der Waals surface area contributed by atoms with Crippen LogP contribution in [0.5, 0.6) is 17.2 Å². The van der Waals surface area contributed by atoms with E-state index in [1.807, 2.05) is 0 Å². The molecule has 2 aliphatic heterocycles. The number of nitrogens with zero attached hydrogens (tertiary/aromatic N) is 4. The minimum absolute atomic E-state index is 0.0423. The lowest BCUT2D eigenvalue weighted by atomic mass is 10.2. The van der Waals surface area contributed by atoms with Crippen molar-refractivity contribution in [2.45, 2.75) is 12.8 Å². The van der Waals surface area contributed by atoms with Crippen molar-refractivity contribution in [3.8, 4) is 17.2 Å². The summed E-state index contributed by atoms with van der Waals surface area (Å²) in [5.74, 6) is -0.355. The fourth-order valence-corrected chi connectivity index (χ4v) is 3.14. The van der Waals surface area contributed by atoms with Gasteiger partial charge >= 0.3 is 6.09 Å². The maximum Gasteiger partial charge on any atom is 0.414 e. The van der Waals surface area contributed by atoms with Crippen molar-refractivity contribution in [2.24, 2.45) is 5.11 Å². The molecule has 0 N–H and O–H groups in total. The number of amides is 1. The number of hydrogen-bond acceptors (Lipinski definition) is 8. The van der Waals surface area contributed by atoms with Gasteiger partial charge in [-0.05, 0) is 22.8 Å². The Balaban J connectivity index is 1.57. The molecule has 0 saturated carbocycles. The van der Waals surface area contributed by atoms with Gasteiger partial charge in [0.15, 0.2) is 5.75 Å². The Kier molecular flexibility index (Phi) is 5.32. The number of carbonyl (C=O) groups excluding carboxylic acids is 1. The van der Waals surface area contributed by atoms with Gasteiger partial charge in [0.25, 0.3) is 5.35 Å². The average Bonchev–Trinajstić information content (AvgIpc) is 2.74. The first kappa shape index (κ1) is 19.8. The number of aromatic nitrogens is 1. The van der Waals surface area contributed by atoms with Crippen LogP contribution in [0.25, 0.3) is 5.88 Å². The summed E-state index contributed by atoms with van der Waals surface area (Å²) < 4.78 is 17.7. The van der Waals surface area contributed by atoms with Gasteiger partial charge < -0.3 is 34.2 Å². The van der Waals surface area contributed by atoms with Crippen molar-refractivity contribution in [3.63, 3.8) is 0 Å². The van der Waals surface area contributed by atoms with Crippen LogP contribution >= 0.6 is 0 Å². The average molecular weight is 413 g/mol. The van der Waals surface area contributed by atoms with E-state index in [0.717, 1.165) is 5.56 Å². The lowest BCUT2D eigenvalue weighted by Gasteiger charge is -2.37. The Morgan fingerprint density at radius 3 is 2.80 bits per heavy atom. The van der Waals surface area contributed by atoms with Crippen LogP contribution in [0.3, 0.4) is 0 Å². The van der Waals surface area contributed by atoms with E-state index in [2.05, 4.69) is 5.11 Å². The van der Waals surface area contributed by atoms with Crippen molar-refractivity contribution in [1.82, 2.24) is 9.80 Å². The summed E-state index contributed by atoms with van der Waals surface area (Å²) >= 11 is 0. The van der Waals surface area contributed by atoms with Gasteiger partial charge in [0.2, 0.25) is 12.4 Å². The van der Waals surface area contributed by atoms with Gasteiger partial charge in [-0.2, -0.15) is 0 Å². The summed E-state index contributed by atoms with van der Waals surface area (Å²) in [4.78, 5) is 14.5. The van der Waals surface area contributed by atoms with Crippen LogP contribution < -0.4 is 29.4 Å². The number of pyridine rings is 1. The van der Waals surface area contributed by atoms with E-state index in [4.69, 9.17) is 14.2 Å². The fourth-order valence-electron chi connectivity index (χ4n) is 3.14. The molecule has 1 amide bonds. The van der Waals surface area contributed by atoms with Crippen molar-refractivity contribution in [2.75, 3.05) is 33.9 Å². The molecule has 0 radical (unpaired) electrons. The summed E-state index contributed by atoms with van der Waals surface area (Å²) in [6.07, 6.45) is 0.570. The predicted octanol–water partition coefficient (Wildman–Crippen LogP) is -1.18. The van der Waals surface area contributed by atoms with Gasteiger partial charge in [-0.3, -0.25) is 0 Å². The van der Waals surface area contributed by atoms with Gasteiger partial charge in [-0.15, -0.1) is 0 Å². The zero-order valence-corrected chi connectivity index (χ0v) is 16.6. The Morgan fingerprint density at radius 1 is 1.30 bits per heavy atom. The summed E-state index contributed by atoms with van der Waals surface area (Å²) in [5, 5.41) is 29.9. The fraction of sp³-hybridized carbons (Fsp3) is 0.350. The van der Waals surface area contributed by atoms with Gasteiger partial charge in [0.05, 0.1) is 13.2 Å². The predicted molar refractivity (Wildman–Crippen MR) is 98.7 cm³/mol. The molecule has 2 aromatic rings. The molecule has 1 atom stereocenters.